The van der Waals surface area contributed by atoms with E-state index in [1.54, 1.807) is 25.3 Å². The van der Waals surface area contributed by atoms with Gasteiger partial charge in [-0.3, -0.25) is 4.79 Å². The van der Waals surface area contributed by atoms with Crippen molar-refractivity contribution in [2.45, 2.75) is 6.92 Å². The minimum absolute atomic E-state index is 0.0879. The van der Waals surface area contributed by atoms with Gasteiger partial charge in [0.2, 0.25) is 5.78 Å². The van der Waals surface area contributed by atoms with E-state index in [4.69, 9.17) is 4.74 Å². The second kappa shape index (κ2) is 6.96. The number of aromatic amines is 1. The van der Waals surface area contributed by atoms with Crippen molar-refractivity contribution < 1.29 is 9.53 Å². The molecule has 0 aliphatic carbocycles. The van der Waals surface area contributed by atoms with Crippen LogP contribution in [0.15, 0.2) is 52.5 Å². The fraction of sp³-hybridized carbons (Fsp3) is 0.100. The van der Waals surface area contributed by atoms with Gasteiger partial charge in [-0.2, -0.15) is 5.26 Å². The standard InChI is InChI=1S/C20H15BrN2O2/c1-12-19(15-5-3-4-6-17(15)23-12)20(24)14(11-22)9-13-7-8-18(25-2)16(21)10-13/h3-10,23H,1-2H3. The number of halogens is 1. The number of hydrogen-bond acceptors (Lipinski definition) is 3. The predicted molar refractivity (Wildman–Crippen MR) is 102 cm³/mol. The summed E-state index contributed by atoms with van der Waals surface area (Å²) >= 11 is 3.41. The van der Waals surface area contributed by atoms with Crippen molar-refractivity contribution in [1.29, 1.82) is 5.26 Å². The molecule has 124 valence electrons. The number of aryl methyl sites for hydroxylation is 1. The van der Waals surface area contributed by atoms with Gasteiger partial charge in [-0.1, -0.05) is 24.3 Å². The Morgan fingerprint density at radius 3 is 2.72 bits per heavy atom. The number of ketones is 1. The molecule has 0 saturated heterocycles. The molecule has 0 fully saturated rings. The molecule has 25 heavy (non-hydrogen) atoms. The van der Waals surface area contributed by atoms with Crippen LogP contribution in [0.3, 0.4) is 0 Å². The molecule has 0 unspecified atom stereocenters. The van der Waals surface area contributed by atoms with Gasteiger partial charge in [-0.05, 0) is 52.7 Å². The van der Waals surface area contributed by atoms with Gasteiger partial charge in [-0.25, -0.2) is 0 Å². The second-order valence-electron chi connectivity index (χ2n) is 5.56. The van der Waals surface area contributed by atoms with Crippen LogP contribution >= 0.6 is 15.9 Å². The molecule has 2 aromatic carbocycles. The van der Waals surface area contributed by atoms with E-state index in [1.165, 1.54) is 0 Å². The van der Waals surface area contributed by atoms with E-state index >= 15 is 0 Å². The van der Waals surface area contributed by atoms with E-state index in [1.807, 2.05) is 43.3 Å². The number of rotatable bonds is 4. The Kier molecular flexibility index (Phi) is 4.73. The van der Waals surface area contributed by atoms with Crippen molar-refractivity contribution in [2.24, 2.45) is 0 Å². The summed E-state index contributed by atoms with van der Waals surface area (Å²) < 4.78 is 5.96. The minimum atomic E-state index is -0.288. The molecule has 0 spiro atoms. The van der Waals surface area contributed by atoms with Gasteiger partial charge in [-0.15, -0.1) is 0 Å². The van der Waals surface area contributed by atoms with Crippen LogP contribution in [-0.4, -0.2) is 17.9 Å². The molecule has 0 aliphatic heterocycles. The average molecular weight is 395 g/mol. The first-order valence-electron chi connectivity index (χ1n) is 7.62. The molecule has 0 radical (unpaired) electrons. The van der Waals surface area contributed by atoms with Gasteiger partial charge >= 0.3 is 0 Å². The highest BCUT2D eigenvalue weighted by Crippen LogP contribution is 2.28. The smallest absolute Gasteiger partial charge is 0.205 e. The zero-order valence-corrected chi connectivity index (χ0v) is 15.3. The van der Waals surface area contributed by atoms with E-state index in [2.05, 4.69) is 20.9 Å². The SMILES string of the molecule is COc1ccc(C=C(C#N)C(=O)c2c(C)[nH]c3ccccc23)cc1Br. The molecule has 0 aliphatic rings. The lowest BCUT2D eigenvalue weighted by Gasteiger charge is -2.04. The quantitative estimate of drug-likeness (QED) is 0.383. The van der Waals surface area contributed by atoms with Crippen LogP contribution < -0.4 is 4.74 Å². The second-order valence-corrected chi connectivity index (χ2v) is 6.42. The fourth-order valence-corrected chi connectivity index (χ4v) is 3.35. The van der Waals surface area contributed by atoms with E-state index in [0.717, 1.165) is 26.6 Å². The zero-order chi connectivity index (χ0) is 18.0. The lowest BCUT2D eigenvalue weighted by molar-refractivity contribution is 0.104. The van der Waals surface area contributed by atoms with Gasteiger partial charge in [0.25, 0.3) is 0 Å². The Labute approximate surface area is 153 Å². The Hall–Kier alpha value is -2.84. The summed E-state index contributed by atoms with van der Waals surface area (Å²) in [5, 5.41) is 10.3. The third-order valence-corrected chi connectivity index (χ3v) is 4.59. The number of nitrogens with zero attached hydrogens (tertiary/aromatic N) is 1. The number of H-pyrrole nitrogens is 1. The summed E-state index contributed by atoms with van der Waals surface area (Å²) in [4.78, 5) is 16.1. The number of carbonyl (C=O) groups is 1. The summed E-state index contributed by atoms with van der Waals surface area (Å²) in [6, 6.07) is 15.0. The normalized spacial score (nSPS) is 11.4. The fourth-order valence-electron chi connectivity index (χ4n) is 2.79. The maximum absolute atomic E-state index is 12.9. The van der Waals surface area contributed by atoms with E-state index in [-0.39, 0.29) is 11.4 Å². The highest BCUT2D eigenvalue weighted by molar-refractivity contribution is 9.10. The topological polar surface area (TPSA) is 65.9 Å². The van der Waals surface area contributed by atoms with Crippen molar-refractivity contribution in [1.82, 2.24) is 4.98 Å². The Balaban J connectivity index is 2.06. The maximum atomic E-state index is 12.9. The summed E-state index contributed by atoms with van der Waals surface area (Å²) in [5.74, 6) is 0.402. The molecular weight excluding hydrogens is 380 g/mol. The number of nitriles is 1. The number of fused-ring (bicyclic) bond motifs is 1. The number of benzene rings is 2. The van der Waals surface area contributed by atoms with Crippen LogP contribution in [-0.2, 0) is 0 Å². The average Bonchev–Trinajstić information content (AvgIpc) is 2.95. The first kappa shape index (κ1) is 17.0. The Bertz CT molecular complexity index is 1040. The number of allylic oxidation sites excluding steroid dienone is 1. The maximum Gasteiger partial charge on any atom is 0.205 e. The van der Waals surface area contributed by atoms with Gasteiger partial charge in [0.05, 0.1) is 17.1 Å². The van der Waals surface area contributed by atoms with Gasteiger partial charge in [0.15, 0.2) is 0 Å². The van der Waals surface area contributed by atoms with Crippen LogP contribution in [0.25, 0.3) is 17.0 Å². The van der Waals surface area contributed by atoms with Crippen molar-refractivity contribution >= 4 is 38.7 Å². The number of nitrogens with one attached hydrogen (secondary N) is 1. The minimum Gasteiger partial charge on any atom is -0.496 e. The largest absolute Gasteiger partial charge is 0.496 e. The molecule has 1 aromatic heterocycles. The van der Waals surface area contributed by atoms with Gasteiger partial charge in [0, 0.05) is 16.6 Å². The third-order valence-electron chi connectivity index (χ3n) is 3.97. The summed E-state index contributed by atoms with van der Waals surface area (Å²) in [6.07, 6.45) is 1.59. The highest BCUT2D eigenvalue weighted by Gasteiger charge is 2.19. The highest BCUT2D eigenvalue weighted by atomic mass is 79.9. The number of methoxy groups -OCH3 is 1. The number of ether oxygens (including phenoxy) is 1. The number of para-hydroxylation sites is 1. The van der Waals surface area contributed by atoms with Crippen LogP contribution in [0, 0.1) is 18.3 Å². The van der Waals surface area contributed by atoms with Crippen LogP contribution in [0.2, 0.25) is 0 Å². The van der Waals surface area contributed by atoms with Crippen molar-refractivity contribution in [3.8, 4) is 11.8 Å². The molecule has 0 atom stereocenters. The molecular formula is C20H15BrN2O2. The molecule has 0 amide bonds. The molecule has 3 rings (SSSR count). The number of aromatic nitrogens is 1. The summed E-state index contributed by atoms with van der Waals surface area (Å²) in [5.41, 5.74) is 3.01. The zero-order valence-electron chi connectivity index (χ0n) is 13.8. The lowest BCUT2D eigenvalue weighted by Crippen LogP contribution is -2.03. The van der Waals surface area contributed by atoms with E-state index in [9.17, 15) is 10.1 Å². The Morgan fingerprint density at radius 1 is 1.28 bits per heavy atom. The molecule has 4 nitrogen and oxygen atoms in total. The monoisotopic (exact) mass is 394 g/mol. The molecule has 0 saturated carbocycles. The molecule has 3 aromatic rings. The number of carbonyl (C=O) groups excluding carboxylic acids is 1. The third kappa shape index (κ3) is 3.21. The van der Waals surface area contributed by atoms with Crippen molar-refractivity contribution in [2.75, 3.05) is 7.11 Å². The molecule has 5 heteroatoms. The van der Waals surface area contributed by atoms with Crippen LogP contribution in [0.4, 0.5) is 0 Å². The lowest BCUT2D eigenvalue weighted by atomic mass is 9.99. The van der Waals surface area contributed by atoms with Crippen molar-refractivity contribution in [3.05, 3.63) is 69.3 Å². The van der Waals surface area contributed by atoms with Crippen LogP contribution in [0.5, 0.6) is 5.75 Å². The van der Waals surface area contributed by atoms with Crippen molar-refractivity contribution in [3.63, 3.8) is 0 Å². The number of hydrogen-bond donors (Lipinski definition) is 1. The van der Waals surface area contributed by atoms with Gasteiger partial charge in [0.1, 0.15) is 17.4 Å². The Morgan fingerprint density at radius 2 is 2.04 bits per heavy atom. The molecule has 1 heterocycles. The van der Waals surface area contributed by atoms with E-state index in [0.29, 0.717) is 11.3 Å². The first-order valence-corrected chi connectivity index (χ1v) is 8.41. The van der Waals surface area contributed by atoms with Crippen LogP contribution in [0.1, 0.15) is 21.6 Å². The molecule has 1 N–H and O–H groups in total. The predicted octanol–water partition coefficient (Wildman–Crippen LogP) is 5.04. The molecule has 0 bridgehead atoms. The summed E-state index contributed by atoms with van der Waals surface area (Å²) in [7, 11) is 1.58. The van der Waals surface area contributed by atoms with E-state index < -0.39 is 0 Å². The van der Waals surface area contributed by atoms with Gasteiger partial charge < -0.3 is 9.72 Å². The summed E-state index contributed by atoms with van der Waals surface area (Å²) in [6.45, 7) is 1.84. The number of Topliss-reactive ketones (excluding diaryl/α,β-unsaturated/α-hetero) is 1. The first-order chi connectivity index (χ1) is 12.0.